The average Bonchev–Trinajstić information content (AvgIpc) is 2.72. The van der Waals surface area contributed by atoms with E-state index in [0.29, 0.717) is 5.75 Å². The molecular formula is C12H12FNO4. The number of carbonyl (C=O) groups is 2. The van der Waals surface area contributed by atoms with Crippen LogP contribution in [-0.2, 0) is 9.59 Å². The first-order valence-corrected chi connectivity index (χ1v) is 5.38. The van der Waals surface area contributed by atoms with Gasteiger partial charge in [0.1, 0.15) is 11.6 Å². The van der Waals surface area contributed by atoms with Crippen LogP contribution in [0, 0.1) is 11.7 Å². The third kappa shape index (κ3) is 2.13. The molecule has 1 aliphatic rings. The van der Waals surface area contributed by atoms with Gasteiger partial charge in [-0.05, 0) is 18.2 Å². The Kier molecular flexibility index (Phi) is 3.18. The van der Waals surface area contributed by atoms with Crippen LogP contribution in [0.5, 0.6) is 5.75 Å². The number of amides is 1. The van der Waals surface area contributed by atoms with Gasteiger partial charge in [-0.25, -0.2) is 4.39 Å². The second-order valence-corrected chi connectivity index (χ2v) is 4.08. The monoisotopic (exact) mass is 253 g/mol. The molecule has 6 heteroatoms. The maximum absolute atomic E-state index is 13.7. The number of carboxylic acid groups (broad SMARTS) is 1. The van der Waals surface area contributed by atoms with Crippen LogP contribution >= 0.6 is 0 Å². The molecule has 0 saturated carbocycles. The molecule has 1 amide bonds. The maximum atomic E-state index is 13.7. The molecule has 2 N–H and O–H groups in total. The molecule has 0 spiro atoms. The molecule has 1 saturated heterocycles. The molecule has 0 bridgehead atoms. The summed E-state index contributed by atoms with van der Waals surface area (Å²) in [5.74, 6) is -2.62. The van der Waals surface area contributed by atoms with Crippen LogP contribution in [-0.4, -0.2) is 24.1 Å². The molecule has 0 radical (unpaired) electrons. The smallest absolute Gasteiger partial charge is 0.309 e. The summed E-state index contributed by atoms with van der Waals surface area (Å²) >= 11 is 0. The first-order valence-electron chi connectivity index (χ1n) is 5.38. The summed E-state index contributed by atoms with van der Waals surface area (Å²) in [7, 11) is 1.43. The Morgan fingerprint density at radius 3 is 2.89 bits per heavy atom. The molecule has 96 valence electrons. The number of ether oxygens (including phenoxy) is 1. The van der Waals surface area contributed by atoms with Gasteiger partial charge in [0.15, 0.2) is 0 Å². The highest BCUT2D eigenvalue weighted by Gasteiger charge is 2.39. The van der Waals surface area contributed by atoms with Gasteiger partial charge in [-0.2, -0.15) is 0 Å². The van der Waals surface area contributed by atoms with Crippen molar-refractivity contribution in [1.82, 2.24) is 5.32 Å². The molecule has 18 heavy (non-hydrogen) atoms. The average molecular weight is 253 g/mol. The fourth-order valence-corrected chi connectivity index (χ4v) is 2.06. The fourth-order valence-electron chi connectivity index (χ4n) is 2.06. The molecule has 1 heterocycles. The fraction of sp³-hybridized carbons (Fsp3) is 0.333. The van der Waals surface area contributed by atoms with Crippen LogP contribution in [0.1, 0.15) is 18.0 Å². The molecular weight excluding hydrogens is 241 g/mol. The number of aliphatic carboxylic acids is 1. The summed E-state index contributed by atoms with van der Waals surface area (Å²) in [4.78, 5) is 22.3. The topological polar surface area (TPSA) is 75.6 Å². The highest BCUT2D eigenvalue weighted by atomic mass is 19.1. The molecule has 2 rings (SSSR count). The van der Waals surface area contributed by atoms with E-state index in [-0.39, 0.29) is 12.0 Å². The summed E-state index contributed by atoms with van der Waals surface area (Å²) in [6, 6.07) is 3.18. The van der Waals surface area contributed by atoms with Gasteiger partial charge in [-0.1, -0.05) is 0 Å². The minimum absolute atomic E-state index is 0.132. The van der Waals surface area contributed by atoms with Gasteiger partial charge in [0.2, 0.25) is 5.91 Å². The lowest BCUT2D eigenvalue weighted by atomic mass is 9.94. The van der Waals surface area contributed by atoms with Gasteiger partial charge in [0.05, 0.1) is 19.1 Å². The van der Waals surface area contributed by atoms with Crippen molar-refractivity contribution in [3.63, 3.8) is 0 Å². The molecule has 1 fully saturated rings. The predicted octanol–water partition coefficient (Wildman–Crippen LogP) is 1.10. The standard InChI is InChI=1S/C12H12FNO4/c1-18-6-2-3-9(13)7(4-6)11-8(12(16)17)5-10(15)14-11/h2-4,8,11H,5H2,1H3,(H,14,15)(H,16,17)/t8-,11?/m0/s1. The Labute approximate surface area is 103 Å². The van der Waals surface area contributed by atoms with Crippen molar-refractivity contribution in [1.29, 1.82) is 0 Å². The van der Waals surface area contributed by atoms with Crippen molar-refractivity contribution in [2.24, 2.45) is 5.92 Å². The van der Waals surface area contributed by atoms with Crippen molar-refractivity contribution in [3.05, 3.63) is 29.6 Å². The SMILES string of the molecule is COc1ccc(F)c(C2NC(=O)C[C@@H]2C(=O)O)c1. The summed E-state index contributed by atoms with van der Waals surface area (Å²) in [5, 5.41) is 11.5. The lowest BCUT2D eigenvalue weighted by molar-refractivity contribution is -0.142. The van der Waals surface area contributed by atoms with E-state index in [1.165, 1.54) is 25.3 Å². The number of methoxy groups -OCH3 is 1. The van der Waals surface area contributed by atoms with Crippen LogP contribution in [0.3, 0.4) is 0 Å². The molecule has 1 aromatic rings. The van der Waals surface area contributed by atoms with Gasteiger partial charge >= 0.3 is 5.97 Å². The Morgan fingerprint density at radius 2 is 2.28 bits per heavy atom. The molecule has 5 nitrogen and oxygen atoms in total. The first kappa shape index (κ1) is 12.3. The Morgan fingerprint density at radius 1 is 1.56 bits per heavy atom. The third-order valence-electron chi connectivity index (χ3n) is 2.98. The van der Waals surface area contributed by atoms with E-state index in [0.717, 1.165) is 0 Å². The summed E-state index contributed by atoms with van der Waals surface area (Å²) < 4.78 is 18.7. The summed E-state index contributed by atoms with van der Waals surface area (Å²) in [6.45, 7) is 0. The molecule has 1 unspecified atom stereocenters. The zero-order valence-electron chi connectivity index (χ0n) is 9.64. The zero-order chi connectivity index (χ0) is 13.3. The Hall–Kier alpha value is -2.11. The second kappa shape index (κ2) is 4.64. The highest BCUT2D eigenvalue weighted by Crippen LogP contribution is 2.33. The van der Waals surface area contributed by atoms with Crippen molar-refractivity contribution < 1.29 is 23.8 Å². The predicted molar refractivity (Wildman–Crippen MR) is 59.6 cm³/mol. The molecule has 0 aromatic heterocycles. The number of nitrogens with one attached hydrogen (secondary N) is 1. The first-order chi connectivity index (χ1) is 8.52. The van der Waals surface area contributed by atoms with Crippen molar-refractivity contribution in [3.8, 4) is 5.75 Å². The number of halogens is 1. The number of rotatable bonds is 3. The van der Waals surface area contributed by atoms with Crippen molar-refractivity contribution >= 4 is 11.9 Å². The Balaban J connectivity index is 2.40. The second-order valence-electron chi connectivity index (χ2n) is 4.08. The summed E-state index contributed by atoms with van der Waals surface area (Å²) in [6.07, 6.45) is -0.142. The van der Waals surface area contributed by atoms with E-state index in [1.807, 2.05) is 0 Å². The van der Waals surface area contributed by atoms with Gasteiger partial charge < -0.3 is 15.2 Å². The van der Waals surface area contributed by atoms with Gasteiger partial charge in [-0.15, -0.1) is 0 Å². The van der Waals surface area contributed by atoms with Gasteiger partial charge in [0.25, 0.3) is 0 Å². The van der Waals surface area contributed by atoms with Gasteiger partial charge in [-0.3, -0.25) is 9.59 Å². The van der Waals surface area contributed by atoms with E-state index in [9.17, 15) is 14.0 Å². The number of hydrogen-bond donors (Lipinski definition) is 2. The molecule has 0 aliphatic carbocycles. The minimum Gasteiger partial charge on any atom is -0.497 e. The van der Waals surface area contributed by atoms with Gasteiger partial charge in [0, 0.05) is 12.0 Å². The van der Waals surface area contributed by atoms with Crippen molar-refractivity contribution in [2.75, 3.05) is 7.11 Å². The molecule has 1 aromatic carbocycles. The van der Waals surface area contributed by atoms with Crippen LogP contribution < -0.4 is 10.1 Å². The number of hydrogen-bond acceptors (Lipinski definition) is 3. The van der Waals surface area contributed by atoms with Crippen LogP contribution in [0.4, 0.5) is 4.39 Å². The lowest BCUT2D eigenvalue weighted by Crippen LogP contribution is -2.25. The number of benzene rings is 1. The van der Waals surface area contributed by atoms with Crippen LogP contribution in [0.25, 0.3) is 0 Å². The zero-order valence-corrected chi connectivity index (χ0v) is 9.64. The van der Waals surface area contributed by atoms with E-state index >= 15 is 0 Å². The van der Waals surface area contributed by atoms with E-state index in [1.54, 1.807) is 0 Å². The summed E-state index contributed by atoms with van der Waals surface area (Å²) in [5.41, 5.74) is 0.132. The van der Waals surface area contributed by atoms with E-state index in [2.05, 4.69) is 5.32 Å². The lowest BCUT2D eigenvalue weighted by Gasteiger charge is -2.17. The highest BCUT2D eigenvalue weighted by molar-refractivity contribution is 5.87. The van der Waals surface area contributed by atoms with Crippen LogP contribution in [0.2, 0.25) is 0 Å². The molecule has 2 atom stereocenters. The molecule has 1 aliphatic heterocycles. The normalized spacial score (nSPS) is 22.7. The van der Waals surface area contributed by atoms with E-state index in [4.69, 9.17) is 9.84 Å². The number of carbonyl (C=O) groups excluding carboxylic acids is 1. The van der Waals surface area contributed by atoms with E-state index < -0.39 is 29.7 Å². The van der Waals surface area contributed by atoms with Crippen molar-refractivity contribution in [2.45, 2.75) is 12.5 Å². The van der Waals surface area contributed by atoms with Crippen LogP contribution in [0.15, 0.2) is 18.2 Å². The Bertz CT molecular complexity index is 503. The maximum Gasteiger partial charge on any atom is 0.309 e. The third-order valence-corrected chi connectivity index (χ3v) is 2.98. The minimum atomic E-state index is -1.12. The largest absolute Gasteiger partial charge is 0.497 e. The number of carboxylic acids is 1. The quantitative estimate of drug-likeness (QED) is 0.845.